The quantitative estimate of drug-likeness (QED) is 0.852. The average molecular weight is 344 g/mol. The molecule has 2 atom stereocenters. The maximum atomic E-state index is 14.7. The molecule has 1 aliphatic heterocycles. The Bertz CT molecular complexity index is 786. The van der Waals surface area contributed by atoms with Gasteiger partial charge in [0, 0.05) is 30.6 Å². The largest absolute Gasteiger partial charge is 0.497 e. The van der Waals surface area contributed by atoms with Crippen molar-refractivity contribution >= 4 is 11.7 Å². The predicted molar refractivity (Wildman–Crippen MR) is 92.8 cm³/mol. The van der Waals surface area contributed by atoms with Crippen LogP contribution in [0.25, 0.3) is 0 Å². The molecule has 132 valence electrons. The summed E-state index contributed by atoms with van der Waals surface area (Å²) in [6, 6.07) is 6.42. The zero-order valence-corrected chi connectivity index (χ0v) is 14.7. The van der Waals surface area contributed by atoms with Crippen molar-refractivity contribution in [3.63, 3.8) is 0 Å². The summed E-state index contributed by atoms with van der Waals surface area (Å²) in [5.41, 5.74) is 1.33. The number of amides is 1. The first-order valence-corrected chi connectivity index (χ1v) is 8.13. The number of aromatic nitrogens is 1. The molecule has 3 rings (SSSR count). The lowest BCUT2D eigenvalue weighted by atomic mass is 9.88. The molecule has 0 N–H and O–H groups in total. The number of hydrogen-bond acceptors (Lipinski definition) is 4. The first-order valence-electron chi connectivity index (χ1n) is 8.13. The van der Waals surface area contributed by atoms with Crippen molar-refractivity contribution in [3.05, 3.63) is 47.4 Å². The van der Waals surface area contributed by atoms with Gasteiger partial charge in [-0.15, -0.1) is 0 Å². The highest BCUT2D eigenvalue weighted by atomic mass is 19.1. The van der Waals surface area contributed by atoms with Crippen molar-refractivity contribution in [2.24, 2.45) is 0 Å². The van der Waals surface area contributed by atoms with Gasteiger partial charge >= 0.3 is 0 Å². The molecule has 5 nitrogen and oxygen atoms in total. The normalized spacial score (nSPS) is 20.0. The van der Waals surface area contributed by atoms with Gasteiger partial charge in [-0.2, -0.15) is 0 Å². The van der Waals surface area contributed by atoms with Crippen LogP contribution in [0.1, 0.15) is 30.4 Å². The first kappa shape index (κ1) is 17.2. The molecule has 2 heterocycles. The van der Waals surface area contributed by atoms with E-state index in [2.05, 4.69) is 4.98 Å². The zero-order valence-electron chi connectivity index (χ0n) is 14.7. The van der Waals surface area contributed by atoms with Crippen LogP contribution in [-0.2, 0) is 4.79 Å². The molecule has 1 amide bonds. The van der Waals surface area contributed by atoms with Gasteiger partial charge in [0.1, 0.15) is 11.6 Å². The Kier molecular flexibility index (Phi) is 4.61. The van der Waals surface area contributed by atoms with Gasteiger partial charge in [-0.25, -0.2) is 9.37 Å². The molecule has 1 fully saturated rings. The van der Waals surface area contributed by atoms with E-state index in [0.717, 1.165) is 5.56 Å². The Morgan fingerprint density at radius 1 is 1.28 bits per heavy atom. The van der Waals surface area contributed by atoms with Gasteiger partial charge in [0.2, 0.25) is 5.91 Å². The molecule has 0 unspecified atom stereocenters. The molecule has 0 aliphatic carbocycles. The maximum Gasteiger partial charge on any atom is 0.229 e. The van der Waals surface area contributed by atoms with Crippen LogP contribution in [0, 0.1) is 12.7 Å². The fourth-order valence-corrected chi connectivity index (χ4v) is 3.55. The standard InChI is InChI=1S/C19H21FN2O3/c1-11-8-13(24-3)9-15(20)18(11)14-10-17(23)22(12(14)2)19-16(25-4)6-5-7-21-19/h5-9,12,14H,10H2,1-4H3/t12-,14+/m1/s1. The van der Waals surface area contributed by atoms with Crippen LogP contribution in [0.4, 0.5) is 10.2 Å². The molecule has 0 spiro atoms. The lowest BCUT2D eigenvalue weighted by molar-refractivity contribution is -0.117. The van der Waals surface area contributed by atoms with E-state index in [4.69, 9.17) is 9.47 Å². The Hall–Kier alpha value is -2.63. The van der Waals surface area contributed by atoms with E-state index in [1.165, 1.54) is 20.3 Å². The van der Waals surface area contributed by atoms with Gasteiger partial charge in [-0.3, -0.25) is 9.69 Å². The van der Waals surface area contributed by atoms with E-state index in [1.807, 2.05) is 13.8 Å². The summed E-state index contributed by atoms with van der Waals surface area (Å²) < 4.78 is 25.1. The topological polar surface area (TPSA) is 51.7 Å². The summed E-state index contributed by atoms with van der Waals surface area (Å²) in [4.78, 5) is 18.6. The number of ether oxygens (including phenoxy) is 2. The van der Waals surface area contributed by atoms with E-state index in [0.29, 0.717) is 22.9 Å². The molecule has 1 aromatic heterocycles. The number of rotatable bonds is 4. The zero-order chi connectivity index (χ0) is 18.1. The molecule has 1 aromatic carbocycles. The van der Waals surface area contributed by atoms with E-state index < -0.39 is 0 Å². The van der Waals surface area contributed by atoms with Crippen LogP contribution in [-0.4, -0.2) is 31.2 Å². The van der Waals surface area contributed by atoms with E-state index in [-0.39, 0.29) is 30.1 Å². The average Bonchev–Trinajstić information content (AvgIpc) is 2.88. The van der Waals surface area contributed by atoms with Crippen molar-refractivity contribution < 1.29 is 18.7 Å². The van der Waals surface area contributed by atoms with Crippen LogP contribution in [0.3, 0.4) is 0 Å². The molecule has 0 saturated carbocycles. The van der Waals surface area contributed by atoms with Gasteiger partial charge in [0.05, 0.1) is 14.2 Å². The number of pyridine rings is 1. The molecular formula is C19H21FN2O3. The number of halogens is 1. The fourth-order valence-electron chi connectivity index (χ4n) is 3.55. The number of carbonyl (C=O) groups excluding carboxylic acids is 1. The molecule has 1 aliphatic rings. The second-order valence-electron chi connectivity index (χ2n) is 6.18. The molecule has 0 bridgehead atoms. The highest BCUT2D eigenvalue weighted by Crippen LogP contribution is 2.42. The highest BCUT2D eigenvalue weighted by molar-refractivity contribution is 5.97. The number of aryl methyl sites for hydroxylation is 1. The van der Waals surface area contributed by atoms with Gasteiger partial charge in [-0.05, 0) is 43.2 Å². The van der Waals surface area contributed by atoms with Crippen molar-refractivity contribution in [1.82, 2.24) is 4.98 Å². The molecule has 6 heteroatoms. The van der Waals surface area contributed by atoms with E-state index in [1.54, 1.807) is 29.3 Å². The lowest BCUT2D eigenvalue weighted by Crippen LogP contribution is -2.33. The number of anilines is 1. The van der Waals surface area contributed by atoms with Crippen LogP contribution in [0.2, 0.25) is 0 Å². The summed E-state index contributed by atoms with van der Waals surface area (Å²) in [5, 5.41) is 0. The van der Waals surface area contributed by atoms with Crippen molar-refractivity contribution in [2.45, 2.75) is 32.2 Å². The summed E-state index contributed by atoms with van der Waals surface area (Å²) in [6.45, 7) is 3.74. The van der Waals surface area contributed by atoms with Gasteiger partial charge < -0.3 is 9.47 Å². The molecular weight excluding hydrogens is 323 g/mol. The first-order chi connectivity index (χ1) is 12.0. The number of methoxy groups -OCH3 is 2. The summed E-state index contributed by atoms with van der Waals surface area (Å²) in [6.07, 6.45) is 1.84. The predicted octanol–water partition coefficient (Wildman–Crippen LogP) is 3.46. The van der Waals surface area contributed by atoms with Gasteiger partial charge in [-0.1, -0.05) is 0 Å². The van der Waals surface area contributed by atoms with E-state index >= 15 is 0 Å². The molecule has 1 saturated heterocycles. The molecule has 25 heavy (non-hydrogen) atoms. The van der Waals surface area contributed by atoms with Crippen molar-refractivity contribution in [1.29, 1.82) is 0 Å². The third-order valence-electron chi connectivity index (χ3n) is 4.77. The molecule has 0 radical (unpaired) electrons. The summed E-state index contributed by atoms with van der Waals surface area (Å²) in [7, 11) is 3.04. The second kappa shape index (κ2) is 6.70. The van der Waals surface area contributed by atoms with Crippen LogP contribution < -0.4 is 14.4 Å². The number of benzene rings is 1. The fraction of sp³-hybridized carbons (Fsp3) is 0.368. The van der Waals surface area contributed by atoms with E-state index in [9.17, 15) is 9.18 Å². The number of carbonyl (C=O) groups is 1. The Morgan fingerprint density at radius 2 is 2.04 bits per heavy atom. The number of nitrogens with zero attached hydrogens (tertiary/aromatic N) is 2. The van der Waals surface area contributed by atoms with Crippen LogP contribution in [0.5, 0.6) is 11.5 Å². The van der Waals surface area contributed by atoms with Gasteiger partial charge in [0.25, 0.3) is 0 Å². The minimum Gasteiger partial charge on any atom is -0.497 e. The van der Waals surface area contributed by atoms with Gasteiger partial charge in [0.15, 0.2) is 11.6 Å². The molecule has 2 aromatic rings. The maximum absolute atomic E-state index is 14.7. The minimum atomic E-state index is -0.351. The summed E-state index contributed by atoms with van der Waals surface area (Å²) in [5.74, 6) is 0.761. The Balaban J connectivity index is 2.01. The monoisotopic (exact) mass is 344 g/mol. The van der Waals surface area contributed by atoms with Crippen molar-refractivity contribution in [2.75, 3.05) is 19.1 Å². The summed E-state index contributed by atoms with van der Waals surface area (Å²) >= 11 is 0. The van der Waals surface area contributed by atoms with Crippen LogP contribution in [0.15, 0.2) is 30.5 Å². The number of hydrogen-bond donors (Lipinski definition) is 0. The van der Waals surface area contributed by atoms with Crippen molar-refractivity contribution in [3.8, 4) is 11.5 Å². The smallest absolute Gasteiger partial charge is 0.229 e. The third kappa shape index (κ3) is 2.92. The second-order valence-corrected chi connectivity index (χ2v) is 6.18. The SMILES string of the molecule is COc1cc(C)c([C@H]2CC(=O)N(c3ncccc3OC)[C@@H]2C)c(F)c1. The third-order valence-corrected chi connectivity index (χ3v) is 4.77. The minimum absolute atomic E-state index is 0.0934. The Labute approximate surface area is 146 Å². The Morgan fingerprint density at radius 3 is 2.68 bits per heavy atom. The van der Waals surface area contributed by atoms with Crippen LogP contribution >= 0.6 is 0 Å². The lowest BCUT2D eigenvalue weighted by Gasteiger charge is -2.26. The highest BCUT2D eigenvalue weighted by Gasteiger charge is 2.42.